The number of nitrogens with zero attached hydrogens (tertiary/aromatic N) is 1. The van der Waals surface area contributed by atoms with Crippen molar-refractivity contribution in [1.29, 1.82) is 0 Å². The Hall–Kier alpha value is -2.95. The summed E-state index contributed by atoms with van der Waals surface area (Å²) in [6.45, 7) is 0.349. The molecule has 1 unspecified atom stereocenters. The summed E-state index contributed by atoms with van der Waals surface area (Å²) in [4.78, 5) is 38.5. The van der Waals surface area contributed by atoms with Gasteiger partial charge in [-0.15, -0.1) is 0 Å². The third-order valence-electron chi connectivity index (χ3n) is 5.30. The number of benzene rings is 2. The minimum Gasteiger partial charge on any atom is -0.497 e. The largest absolute Gasteiger partial charge is 0.497 e. The minimum atomic E-state index is -0.233. The number of imide groups is 1. The van der Waals surface area contributed by atoms with Crippen LogP contribution in [0.4, 0.5) is 0 Å². The predicted octanol–water partition coefficient (Wildman–Crippen LogP) is 3.44. The first kappa shape index (κ1) is 16.5. The number of rotatable bonds is 4. The molecule has 0 saturated carbocycles. The van der Waals surface area contributed by atoms with Crippen molar-refractivity contribution in [2.45, 2.75) is 25.2 Å². The second-order valence-electron chi connectivity index (χ2n) is 6.71. The average Bonchev–Trinajstić information content (AvgIpc) is 2.92. The summed E-state index contributed by atoms with van der Waals surface area (Å²) in [7, 11) is 1.60. The molecule has 1 aliphatic heterocycles. The smallest absolute Gasteiger partial charge is 0.261 e. The molecule has 5 nitrogen and oxygen atoms in total. The fourth-order valence-corrected chi connectivity index (χ4v) is 3.88. The van der Waals surface area contributed by atoms with E-state index in [-0.39, 0.29) is 23.5 Å². The monoisotopic (exact) mass is 349 g/mol. The van der Waals surface area contributed by atoms with Gasteiger partial charge in [-0.05, 0) is 54.7 Å². The number of amides is 2. The standard InChI is InChI=1S/C21H19NO4/c1-26-14-7-8-15-18(12-14)13(6-9-19(15)23)10-11-22-20(24)16-4-2-3-5-17(16)21(22)25/h2-5,7-8,12-13H,6,9-11H2,1H3. The van der Waals surface area contributed by atoms with Crippen molar-refractivity contribution in [1.82, 2.24) is 4.90 Å². The third kappa shape index (κ3) is 2.60. The molecule has 0 radical (unpaired) electrons. The molecule has 4 rings (SSSR count). The maximum Gasteiger partial charge on any atom is 0.261 e. The molecule has 0 aromatic heterocycles. The Morgan fingerprint density at radius 3 is 2.35 bits per heavy atom. The second-order valence-corrected chi connectivity index (χ2v) is 6.71. The quantitative estimate of drug-likeness (QED) is 0.793. The lowest BCUT2D eigenvalue weighted by atomic mass is 9.80. The van der Waals surface area contributed by atoms with E-state index in [0.29, 0.717) is 36.3 Å². The zero-order chi connectivity index (χ0) is 18.3. The number of hydrogen-bond acceptors (Lipinski definition) is 4. The molecule has 1 heterocycles. The van der Waals surface area contributed by atoms with E-state index in [1.807, 2.05) is 12.1 Å². The van der Waals surface area contributed by atoms with E-state index in [2.05, 4.69) is 0 Å². The van der Waals surface area contributed by atoms with E-state index in [1.54, 1.807) is 37.4 Å². The molecule has 5 heteroatoms. The first-order valence-electron chi connectivity index (χ1n) is 8.76. The maximum absolute atomic E-state index is 12.5. The van der Waals surface area contributed by atoms with Crippen LogP contribution >= 0.6 is 0 Å². The van der Waals surface area contributed by atoms with Crippen molar-refractivity contribution in [3.63, 3.8) is 0 Å². The Kier molecular flexibility index (Phi) is 4.07. The molecule has 2 aromatic rings. The van der Waals surface area contributed by atoms with Gasteiger partial charge < -0.3 is 4.74 Å². The van der Waals surface area contributed by atoms with E-state index in [4.69, 9.17) is 4.74 Å². The lowest BCUT2D eigenvalue weighted by Gasteiger charge is -2.26. The number of Topliss-reactive ketones (excluding diaryl/α,β-unsaturated/α-hetero) is 1. The van der Waals surface area contributed by atoms with Gasteiger partial charge in [0.1, 0.15) is 5.75 Å². The zero-order valence-corrected chi connectivity index (χ0v) is 14.5. The molecular weight excluding hydrogens is 330 g/mol. The summed E-state index contributed by atoms with van der Waals surface area (Å²) >= 11 is 0. The minimum absolute atomic E-state index is 0.127. The van der Waals surface area contributed by atoms with Crippen LogP contribution in [0.1, 0.15) is 61.8 Å². The zero-order valence-electron chi connectivity index (χ0n) is 14.5. The van der Waals surface area contributed by atoms with Crippen molar-refractivity contribution in [3.05, 3.63) is 64.7 Å². The summed E-state index contributed by atoms with van der Waals surface area (Å²) < 4.78 is 5.29. The number of hydrogen-bond donors (Lipinski definition) is 0. The summed E-state index contributed by atoms with van der Waals surface area (Å²) in [5.41, 5.74) is 2.62. The molecule has 2 amide bonds. The normalized spacial score (nSPS) is 18.7. The Balaban J connectivity index is 1.55. The number of fused-ring (bicyclic) bond motifs is 2. The fraction of sp³-hybridized carbons (Fsp3) is 0.286. The number of ether oxygens (including phenoxy) is 1. The Morgan fingerprint density at radius 1 is 1.00 bits per heavy atom. The highest BCUT2D eigenvalue weighted by Crippen LogP contribution is 2.36. The van der Waals surface area contributed by atoms with Crippen molar-refractivity contribution < 1.29 is 19.1 Å². The van der Waals surface area contributed by atoms with Crippen LogP contribution in [-0.4, -0.2) is 36.2 Å². The van der Waals surface area contributed by atoms with Crippen LogP contribution in [0.25, 0.3) is 0 Å². The molecule has 0 bridgehead atoms. The van der Waals surface area contributed by atoms with Gasteiger partial charge in [-0.2, -0.15) is 0 Å². The van der Waals surface area contributed by atoms with E-state index in [1.165, 1.54) is 4.90 Å². The SMILES string of the molecule is COc1ccc2c(c1)C(CCN1C(=O)c3ccccc3C1=O)CCC2=O. The average molecular weight is 349 g/mol. The van der Waals surface area contributed by atoms with Crippen LogP contribution in [0.3, 0.4) is 0 Å². The molecule has 26 heavy (non-hydrogen) atoms. The van der Waals surface area contributed by atoms with Crippen LogP contribution in [0.15, 0.2) is 42.5 Å². The Bertz CT molecular complexity index is 883. The summed E-state index contributed by atoms with van der Waals surface area (Å²) in [5, 5.41) is 0. The van der Waals surface area contributed by atoms with E-state index < -0.39 is 0 Å². The molecule has 1 atom stereocenters. The summed E-state index contributed by atoms with van der Waals surface area (Å²) in [6, 6.07) is 12.4. The molecule has 0 spiro atoms. The molecular formula is C21H19NO4. The highest BCUT2D eigenvalue weighted by molar-refractivity contribution is 6.21. The number of carbonyl (C=O) groups excluding carboxylic acids is 3. The lowest BCUT2D eigenvalue weighted by Crippen LogP contribution is -2.32. The van der Waals surface area contributed by atoms with Gasteiger partial charge in [0.05, 0.1) is 18.2 Å². The van der Waals surface area contributed by atoms with E-state index >= 15 is 0 Å². The predicted molar refractivity (Wildman–Crippen MR) is 95.7 cm³/mol. The van der Waals surface area contributed by atoms with E-state index in [9.17, 15) is 14.4 Å². The van der Waals surface area contributed by atoms with Gasteiger partial charge in [0.15, 0.2) is 5.78 Å². The van der Waals surface area contributed by atoms with Crippen LogP contribution < -0.4 is 4.74 Å². The Morgan fingerprint density at radius 2 is 1.69 bits per heavy atom. The summed E-state index contributed by atoms with van der Waals surface area (Å²) in [6.07, 6.45) is 1.85. The number of methoxy groups -OCH3 is 1. The molecule has 0 N–H and O–H groups in total. The molecule has 2 aliphatic rings. The van der Waals surface area contributed by atoms with Crippen molar-refractivity contribution >= 4 is 17.6 Å². The van der Waals surface area contributed by atoms with Gasteiger partial charge >= 0.3 is 0 Å². The van der Waals surface area contributed by atoms with Gasteiger partial charge in [0.25, 0.3) is 11.8 Å². The second kappa shape index (κ2) is 6.41. The van der Waals surface area contributed by atoms with Crippen LogP contribution in [-0.2, 0) is 0 Å². The fourth-order valence-electron chi connectivity index (χ4n) is 3.88. The molecule has 0 saturated heterocycles. The van der Waals surface area contributed by atoms with Crippen LogP contribution in [0.5, 0.6) is 5.75 Å². The topological polar surface area (TPSA) is 63.7 Å². The molecule has 0 fully saturated rings. The highest BCUT2D eigenvalue weighted by Gasteiger charge is 2.36. The van der Waals surface area contributed by atoms with Gasteiger partial charge in [-0.1, -0.05) is 12.1 Å². The van der Waals surface area contributed by atoms with Crippen LogP contribution in [0.2, 0.25) is 0 Å². The van der Waals surface area contributed by atoms with Gasteiger partial charge in [0, 0.05) is 18.5 Å². The van der Waals surface area contributed by atoms with Crippen LogP contribution in [0, 0.1) is 0 Å². The molecule has 132 valence electrons. The van der Waals surface area contributed by atoms with Gasteiger partial charge in [-0.3, -0.25) is 19.3 Å². The first-order chi connectivity index (χ1) is 12.6. The number of ketones is 1. The van der Waals surface area contributed by atoms with Crippen molar-refractivity contribution in [2.75, 3.05) is 13.7 Å². The maximum atomic E-state index is 12.5. The molecule has 1 aliphatic carbocycles. The highest BCUT2D eigenvalue weighted by atomic mass is 16.5. The Labute approximate surface area is 151 Å². The lowest BCUT2D eigenvalue weighted by molar-refractivity contribution is 0.0647. The van der Waals surface area contributed by atoms with Crippen molar-refractivity contribution in [2.24, 2.45) is 0 Å². The van der Waals surface area contributed by atoms with Gasteiger partial charge in [-0.25, -0.2) is 0 Å². The number of carbonyl (C=O) groups is 3. The first-order valence-corrected chi connectivity index (χ1v) is 8.76. The van der Waals surface area contributed by atoms with E-state index in [0.717, 1.165) is 17.5 Å². The van der Waals surface area contributed by atoms with Gasteiger partial charge in [0.2, 0.25) is 0 Å². The van der Waals surface area contributed by atoms with Crippen molar-refractivity contribution in [3.8, 4) is 5.75 Å². The third-order valence-corrected chi connectivity index (χ3v) is 5.30. The summed E-state index contributed by atoms with van der Waals surface area (Å²) in [5.74, 6) is 0.512. The molecule has 2 aromatic carbocycles.